The lowest BCUT2D eigenvalue weighted by atomic mass is 9.90. The summed E-state index contributed by atoms with van der Waals surface area (Å²) in [5.74, 6) is -0.859. The van der Waals surface area contributed by atoms with Crippen molar-refractivity contribution in [2.45, 2.75) is 12.8 Å². The van der Waals surface area contributed by atoms with Gasteiger partial charge in [0.15, 0.2) is 0 Å². The number of hydrogen-bond donors (Lipinski definition) is 1. The Labute approximate surface area is 128 Å². The van der Waals surface area contributed by atoms with Crippen molar-refractivity contribution in [3.8, 4) is 6.07 Å². The van der Waals surface area contributed by atoms with Crippen molar-refractivity contribution < 1.29 is 14.6 Å². The highest BCUT2D eigenvalue weighted by Crippen LogP contribution is 2.32. The lowest BCUT2D eigenvalue weighted by molar-refractivity contribution is -0.136. The fourth-order valence-corrected chi connectivity index (χ4v) is 2.84. The predicted octanol–water partition coefficient (Wildman–Crippen LogP) is 3.14. The number of ether oxygens (including phenoxy) is 1. The SMILES string of the molecule is N#Cc1ccc2ccc(CC(=O)O)cc2c1C1=CCOCC1. The Hall–Kier alpha value is -2.64. The van der Waals surface area contributed by atoms with Crippen LogP contribution >= 0.6 is 0 Å². The van der Waals surface area contributed by atoms with E-state index in [-0.39, 0.29) is 6.42 Å². The van der Waals surface area contributed by atoms with Gasteiger partial charge in [-0.1, -0.05) is 24.3 Å². The quantitative estimate of drug-likeness (QED) is 0.943. The minimum absolute atomic E-state index is 0.0195. The number of carboxylic acids is 1. The zero-order chi connectivity index (χ0) is 15.5. The molecule has 0 radical (unpaired) electrons. The van der Waals surface area contributed by atoms with Crippen LogP contribution in [-0.4, -0.2) is 24.3 Å². The molecule has 0 aromatic heterocycles. The first-order valence-electron chi connectivity index (χ1n) is 7.13. The average molecular weight is 293 g/mol. The molecule has 0 unspecified atom stereocenters. The van der Waals surface area contributed by atoms with Crippen molar-refractivity contribution >= 4 is 22.3 Å². The number of hydrogen-bond acceptors (Lipinski definition) is 3. The summed E-state index contributed by atoms with van der Waals surface area (Å²) >= 11 is 0. The molecular formula is C18H15NO3. The number of aliphatic carboxylic acids is 1. The summed E-state index contributed by atoms with van der Waals surface area (Å²) in [4.78, 5) is 10.9. The number of nitriles is 1. The van der Waals surface area contributed by atoms with Gasteiger partial charge in [0.1, 0.15) is 0 Å². The molecule has 2 aromatic rings. The Kier molecular flexibility index (Phi) is 3.90. The summed E-state index contributed by atoms with van der Waals surface area (Å²) in [5, 5.41) is 20.3. The van der Waals surface area contributed by atoms with E-state index in [1.165, 1.54) is 0 Å². The molecule has 1 heterocycles. The third-order valence-electron chi connectivity index (χ3n) is 3.85. The van der Waals surface area contributed by atoms with Crippen LogP contribution in [0.4, 0.5) is 0 Å². The van der Waals surface area contributed by atoms with E-state index in [0.717, 1.165) is 33.9 Å². The third kappa shape index (κ3) is 2.72. The molecule has 1 aliphatic rings. The van der Waals surface area contributed by atoms with Gasteiger partial charge in [-0.2, -0.15) is 5.26 Å². The van der Waals surface area contributed by atoms with Gasteiger partial charge in [-0.15, -0.1) is 0 Å². The smallest absolute Gasteiger partial charge is 0.307 e. The second-order valence-corrected chi connectivity index (χ2v) is 5.28. The van der Waals surface area contributed by atoms with Gasteiger partial charge in [0.05, 0.1) is 31.3 Å². The maximum absolute atomic E-state index is 10.9. The van der Waals surface area contributed by atoms with Crippen LogP contribution in [-0.2, 0) is 16.0 Å². The Bertz CT molecular complexity index is 815. The molecule has 1 aliphatic heterocycles. The van der Waals surface area contributed by atoms with Crippen LogP contribution in [0.2, 0.25) is 0 Å². The molecule has 2 aromatic carbocycles. The first kappa shape index (κ1) is 14.3. The normalized spacial score (nSPS) is 14.4. The highest BCUT2D eigenvalue weighted by Gasteiger charge is 2.15. The molecule has 0 bridgehead atoms. The van der Waals surface area contributed by atoms with Gasteiger partial charge in [0.2, 0.25) is 0 Å². The van der Waals surface area contributed by atoms with E-state index in [2.05, 4.69) is 6.07 Å². The van der Waals surface area contributed by atoms with Crippen LogP contribution in [0.1, 0.15) is 23.1 Å². The second kappa shape index (κ2) is 6.00. The minimum Gasteiger partial charge on any atom is -0.481 e. The zero-order valence-corrected chi connectivity index (χ0v) is 12.0. The van der Waals surface area contributed by atoms with Crippen molar-refractivity contribution in [1.82, 2.24) is 0 Å². The minimum atomic E-state index is -0.859. The fraction of sp³-hybridized carbons (Fsp3) is 0.222. The summed E-state index contributed by atoms with van der Waals surface area (Å²) in [6.45, 7) is 1.19. The van der Waals surface area contributed by atoms with E-state index in [0.29, 0.717) is 18.8 Å². The number of benzene rings is 2. The van der Waals surface area contributed by atoms with Gasteiger partial charge in [-0.3, -0.25) is 4.79 Å². The summed E-state index contributed by atoms with van der Waals surface area (Å²) in [6.07, 6.45) is 2.74. The van der Waals surface area contributed by atoms with E-state index in [9.17, 15) is 10.1 Å². The second-order valence-electron chi connectivity index (χ2n) is 5.28. The predicted molar refractivity (Wildman–Crippen MR) is 83.4 cm³/mol. The standard InChI is InChI=1S/C18H15NO3/c19-11-15-4-3-13-2-1-12(10-17(20)21)9-16(13)18(15)14-5-7-22-8-6-14/h1-5,9H,6-8,10H2,(H,20,21). The van der Waals surface area contributed by atoms with Gasteiger partial charge in [0, 0.05) is 5.56 Å². The van der Waals surface area contributed by atoms with Crippen LogP contribution in [0.3, 0.4) is 0 Å². The van der Waals surface area contributed by atoms with E-state index in [1.807, 2.05) is 36.4 Å². The number of carbonyl (C=O) groups is 1. The van der Waals surface area contributed by atoms with E-state index in [4.69, 9.17) is 9.84 Å². The van der Waals surface area contributed by atoms with E-state index < -0.39 is 5.97 Å². The molecule has 0 aliphatic carbocycles. The average Bonchev–Trinajstić information content (AvgIpc) is 2.54. The lowest BCUT2D eigenvalue weighted by Crippen LogP contribution is -2.06. The molecule has 0 fully saturated rings. The molecule has 0 spiro atoms. The monoisotopic (exact) mass is 293 g/mol. The molecule has 0 saturated heterocycles. The number of carboxylic acid groups (broad SMARTS) is 1. The highest BCUT2D eigenvalue weighted by atomic mass is 16.5. The first-order chi connectivity index (χ1) is 10.7. The van der Waals surface area contributed by atoms with Crippen LogP contribution < -0.4 is 0 Å². The third-order valence-corrected chi connectivity index (χ3v) is 3.85. The summed E-state index contributed by atoms with van der Waals surface area (Å²) in [5.41, 5.74) is 3.37. The topological polar surface area (TPSA) is 70.3 Å². The van der Waals surface area contributed by atoms with Crippen LogP contribution in [0.15, 0.2) is 36.4 Å². The first-order valence-corrected chi connectivity index (χ1v) is 7.13. The molecule has 22 heavy (non-hydrogen) atoms. The molecule has 3 rings (SSSR count). The van der Waals surface area contributed by atoms with Crippen LogP contribution in [0, 0.1) is 11.3 Å². The van der Waals surface area contributed by atoms with Gasteiger partial charge < -0.3 is 9.84 Å². The van der Waals surface area contributed by atoms with Gasteiger partial charge in [-0.25, -0.2) is 0 Å². The summed E-state index contributed by atoms with van der Waals surface area (Å²) in [7, 11) is 0. The van der Waals surface area contributed by atoms with Crippen molar-refractivity contribution in [2.75, 3.05) is 13.2 Å². The van der Waals surface area contributed by atoms with E-state index in [1.54, 1.807) is 0 Å². The number of fused-ring (bicyclic) bond motifs is 1. The van der Waals surface area contributed by atoms with Gasteiger partial charge in [-0.05, 0) is 40.5 Å². The highest BCUT2D eigenvalue weighted by molar-refractivity contribution is 5.97. The Morgan fingerprint density at radius 1 is 1.32 bits per heavy atom. The Morgan fingerprint density at radius 2 is 2.14 bits per heavy atom. The number of nitrogens with zero attached hydrogens (tertiary/aromatic N) is 1. The maximum Gasteiger partial charge on any atom is 0.307 e. The molecular weight excluding hydrogens is 278 g/mol. The van der Waals surface area contributed by atoms with Crippen molar-refractivity contribution in [3.05, 3.63) is 53.1 Å². The van der Waals surface area contributed by atoms with Crippen molar-refractivity contribution in [1.29, 1.82) is 5.26 Å². The van der Waals surface area contributed by atoms with Gasteiger partial charge >= 0.3 is 5.97 Å². The Morgan fingerprint density at radius 3 is 2.82 bits per heavy atom. The molecule has 4 heteroatoms. The molecule has 110 valence electrons. The van der Waals surface area contributed by atoms with Crippen molar-refractivity contribution in [2.24, 2.45) is 0 Å². The number of rotatable bonds is 3. The molecule has 0 saturated carbocycles. The summed E-state index contributed by atoms with van der Waals surface area (Å²) in [6, 6.07) is 11.6. The van der Waals surface area contributed by atoms with Gasteiger partial charge in [0.25, 0.3) is 0 Å². The molecule has 0 atom stereocenters. The van der Waals surface area contributed by atoms with Crippen LogP contribution in [0.5, 0.6) is 0 Å². The zero-order valence-electron chi connectivity index (χ0n) is 12.0. The van der Waals surface area contributed by atoms with Crippen molar-refractivity contribution in [3.63, 3.8) is 0 Å². The summed E-state index contributed by atoms with van der Waals surface area (Å²) < 4.78 is 5.35. The molecule has 4 nitrogen and oxygen atoms in total. The molecule has 0 amide bonds. The Balaban J connectivity index is 2.23. The maximum atomic E-state index is 10.9. The lowest BCUT2D eigenvalue weighted by Gasteiger charge is -2.17. The fourth-order valence-electron chi connectivity index (χ4n) is 2.84. The van der Waals surface area contributed by atoms with E-state index >= 15 is 0 Å². The molecule has 1 N–H and O–H groups in total. The van der Waals surface area contributed by atoms with Crippen LogP contribution in [0.25, 0.3) is 16.3 Å². The largest absolute Gasteiger partial charge is 0.481 e.